The molecule has 0 saturated carbocycles. The Bertz CT molecular complexity index is 813. The molecule has 6 heteroatoms. The Morgan fingerprint density at radius 3 is 2.42 bits per heavy atom. The summed E-state index contributed by atoms with van der Waals surface area (Å²) in [7, 11) is 1.56. The molecule has 24 heavy (non-hydrogen) atoms. The number of hydrogen-bond acceptors (Lipinski definition) is 6. The van der Waals surface area contributed by atoms with E-state index in [-0.39, 0.29) is 5.89 Å². The van der Waals surface area contributed by atoms with Crippen molar-refractivity contribution in [3.8, 4) is 17.2 Å². The van der Waals surface area contributed by atoms with Crippen molar-refractivity contribution in [2.75, 3.05) is 7.11 Å². The number of esters is 1. The number of hydrogen-bond donors (Lipinski definition) is 0. The quantitative estimate of drug-likeness (QED) is 0.667. The second kappa shape index (κ2) is 6.95. The molecule has 0 bridgehead atoms. The van der Waals surface area contributed by atoms with E-state index < -0.39 is 12.1 Å². The van der Waals surface area contributed by atoms with Crippen LogP contribution in [0.1, 0.15) is 29.3 Å². The number of benzene rings is 2. The van der Waals surface area contributed by atoms with Crippen molar-refractivity contribution in [1.29, 1.82) is 0 Å². The van der Waals surface area contributed by atoms with Gasteiger partial charge in [-0.2, -0.15) is 0 Å². The van der Waals surface area contributed by atoms with Crippen molar-refractivity contribution in [1.82, 2.24) is 10.2 Å². The molecule has 1 atom stereocenters. The van der Waals surface area contributed by atoms with E-state index in [4.69, 9.17) is 13.9 Å². The molecule has 0 aliphatic carbocycles. The Kier molecular flexibility index (Phi) is 4.56. The Morgan fingerprint density at radius 1 is 1.04 bits per heavy atom. The van der Waals surface area contributed by atoms with Crippen molar-refractivity contribution in [2.45, 2.75) is 13.0 Å². The number of rotatable bonds is 5. The van der Waals surface area contributed by atoms with Crippen molar-refractivity contribution in [3.63, 3.8) is 0 Å². The van der Waals surface area contributed by atoms with Gasteiger partial charge in [-0.05, 0) is 43.3 Å². The third-order valence-electron chi connectivity index (χ3n) is 3.42. The minimum atomic E-state index is -0.649. The van der Waals surface area contributed by atoms with Gasteiger partial charge in [-0.1, -0.05) is 18.2 Å². The third-order valence-corrected chi connectivity index (χ3v) is 3.42. The van der Waals surface area contributed by atoms with E-state index in [1.165, 1.54) is 0 Å². The Hall–Kier alpha value is -3.15. The van der Waals surface area contributed by atoms with E-state index in [0.717, 1.165) is 5.56 Å². The van der Waals surface area contributed by atoms with Crippen molar-refractivity contribution >= 4 is 5.97 Å². The zero-order valence-electron chi connectivity index (χ0n) is 13.3. The molecule has 1 aromatic heterocycles. The summed E-state index contributed by atoms with van der Waals surface area (Å²) in [5.41, 5.74) is 1.23. The molecule has 2 aromatic carbocycles. The van der Waals surface area contributed by atoms with E-state index in [9.17, 15) is 4.79 Å². The number of nitrogens with zero attached hydrogens (tertiary/aromatic N) is 2. The highest BCUT2D eigenvalue weighted by Crippen LogP contribution is 2.23. The molecule has 1 heterocycles. The minimum absolute atomic E-state index is 0.246. The van der Waals surface area contributed by atoms with Crippen LogP contribution >= 0.6 is 0 Å². The van der Waals surface area contributed by atoms with Gasteiger partial charge in [0.2, 0.25) is 5.89 Å². The highest BCUT2D eigenvalue weighted by Gasteiger charge is 2.20. The van der Waals surface area contributed by atoms with E-state index >= 15 is 0 Å². The van der Waals surface area contributed by atoms with Gasteiger partial charge in [0.05, 0.1) is 12.7 Å². The Labute approximate surface area is 139 Å². The summed E-state index contributed by atoms with van der Waals surface area (Å²) in [6.07, 6.45) is -0.649. The van der Waals surface area contributed by atoms with Crippen LogP contribution in [-0.2, 0) is 4.74 Å². The van der Waals surface area contributed by atoms with Crippen molar-refractivity contribution < 1.29 is 18.7 Å². The summed E-state index contributed by atoms with van der Waals surface area (Å²) >= 11 is 0. The fourth-order valence-corrected chi connectivity index (χ4v) is 2.10. The molecule has 0 fully saturated rings. The molecule has 3 aromatic rings. The van der Waals surface area contributed by atoms with Gasteiger partial charge in [-0.15, -0.1) is 10.2 Å². The van der Waals surface area contributed by atoms with Crippen LogP contribution in [0.15, 0.2) is 59.0 Å². The minimum Gasteiger partial charge on any atom is -0.497 e. The van der Waals surface area contributed by atoms with Crippen LogP contribution < -0.4 is 4.74 Å². The molecule has 0 radical (unpaired) electrons. The lowest BCUT2D eigenvalue weighted by molar-refractivity contribution is 0.0280. The van der Waals surface area contributed by atoms with Gasteiger partial charge in [0.1, 0.15) is 5.75 Å². The maximum absolute atomic E-state index is 12.2. The lowest BCUT2D eigenvalue weighted by atomic mass is 10.2. The van der Waals surface area contributed by atoms with Gasteiger partial charge >= 0.3 is 5.97 Å². The maximum Gasteiger partial charge on any atom is 0.338 e. The topological polar surface area (TPSA) is 74.5 Å². The zero-order chi connectivity index (χ0) is 16.9. The van der Waals surface area contributed by atoms with Crippen LogP contribution in [0, 0.1) is 0 Å². The molecule has 6 nitrogen and oxygen atoms in total. The zero-order valence-corrected chi connectivity index (χ0v) is 13.3. The third kappa shape index (κ3) is 3.43. The van der Waals surface area contributed by atoms with E-state index in [0.29, 0.717) is 17.2 Å². The Morgan fingerprint density at radius 2 is 1.75 bits per heavy atom. The van der Waals surface area contributed by atoms with Gasteiger partial charge in [0.25, 0.3) is 5.89 Å². The first kappa shape index (κ1) is 15.7. The average molecular weight is 324 g/mol. The molecule has 0 N–H and O–H groups in total. The molecule has 3 rings (SSSR count). The van der Waals surface area contributed by atoms with Crippen molar-refractivity contribution in [3.05, 3.63) is 66.1 Å². The van der Waals surface area contributed by atoms with Gasteiger partial charge in [0.15, 0.2) is 6.10 Å². The second-order valence-electron chi connectivity index (χ2n) is 5.09. The highest BCUT2D eigenvalue weighted by atomic mass is 16.6. The second-order valence-corrected chi connectivity index (χ2v) is 5.09. The number of methoxy groups -OCH3 is 1. The standard InChI is InChI=1S/C18H16N2O4/c1-12(23-18(21)14-8-10-15(22-2)11-9-14)16-19-20-17(24-16)13-6-4-3-5-7-13/h3-12H,1-2H3/t12-/m0/s1. The predicted molar refractivity (Wildman–Crippen MR) is 86.6 cm³/mol. The van der Waals surface area contributed by atoms with Crippen molar-refractivity contribution in [2.24, 2.45) is 0 Å². The van der Waals surface area contributed by atoms with Crippen LogP contribution in [0.25, 0.3) is 11.5 Å². The highest BCUT2D eigenvalue weighted by molar-refractivity contribution is 5.89. The number of aromatic nitrogens is 2. The van der Waals surface area contributed by atoms with Crippen LogP contribution in [0.5, 0.6) is 5.75 Å². The van der Waals surface area contributed by atoms with E-state index in [2.05, 4.69) is 10.2 Å². The van der Waals surface area contributed by atoms with Crippen LogP contribution in [0.2, 0.25) is 0 Å². The monoisotopic (exact) mass is 324 g/mol. The molecule has 0 unspecified atom stereocenters. The maximum atomic E-state index is 12.2. The first-order chi connectivity index (χ1) is 11.7. The first-order valence-corrected chi connectivity index (χ1v) is 7.41. The van der Waals surface area contributed by atoms with Gasteiger partial charge < -0.3 is 13.9 Å². The summed E-state index contributed by atoms with van der Waals surface area (Å²) in [5.74, 6) is 0.835. The molecule has 122 valence electrons. The fraction of sp³-hybridized carbons (Fsp3) is 0.167. The van der Waals surface area contributed by atoms with Gasteiger partial charge in [0, 0.05) is 5.56 Å². The fourth-order valence-electron chi connectivity index (χ4n) is 2.10. The molecule has 0 aliphatic heterocycles. The molecule has 0 spiro atoms. The lowest BCUT2D eigenvalue weighted by Gasteiger charge is -2.09. The largest absolute Gasteiger partial charge is 0.497 e. The van der Waals surface area contributed by atoms with Crippen LogP contribution in [0.4, 0.5) is 0 Å². The number of ether oxygens (including phenoxy) is 2. The predicted octanol–water partition coefficient (Wildman–Crippen LogP) is 3.66. The summed E-state index contributed by atoms with van der Waals surface area (Å²) in [4.78, 5) is 12.2. The first-order valence-electron chi connectivity index (χ1n) is 7.41. The van der Waals surface area contributed by atoms with E-state index in [1.807, 2.05) is 30.3 Å². The van der Waals surface area contributed by atoms with Gasteiger partial charge in [-0.3, -0.25) is 0 Å². The lowest BCUT2D eigenvalue weighted by Crippen LogP contribution is -2.09. The molecule has 0 aliphatic rings. The molecule has 0 saturated heterocycles. The summed E-state index contributed by atoms with van der Waals surface area (Å²) in [5, 5.41) is 7.94. The van der Waals surface area contributed by atoms with Gasteiger partial charge in [-0.25, -0.2) is 4.79 Å². The number of carbonyl (C=O) groups excluding carboxylic acids is 1. The van der Waals surface area contributed by atoms with E-state index in [1.54, 1.807) is 38.3 Å². The Balaban J connectivity index is 1.69. The van der Waals surface area contributed by atoms with Crippen LogP contribution in [-0.4, -0.2) is 23.3 Å². The number of carbonyl (C=O) groups is 1. The molecular weight excluding hydrogens is 308 g/mol. The SMILES string of the molecule is COc1ccc(C(=O)O[C@@H](C)c2nnc(-c3ccccc3)o2)cc1. The molecular formula is C18H16N2O4. The normalized spacial score (nSPS) is 11.8. The smallest absolute Gasteiger partial charge is 0.338 e. The van der Waals surface area contributed by atoms with Crippen LogP contribution in [0.3, 0.4) is 0 Å². The summed E-state index contributed by atoms with van der Waals surface area (Å²) in [6.45, 7) is 1.68. The average Bonchev–Trinajstić information content (AvgIpc) is 3.13. The molecule has 0 amide bonds. The summed E-state index contributed by atoms with van der Waals surface area (Å²) < 4.78 is 16.0. The summed E-state index contributed by atoms with van der Waals surface area (Å²) in [6, 6.07) is 16.1.